The first kappa shape index (κ1) is 13.3. The van der Waals surface area contributed by atoms with Crippen LogP contribution in [-0.4, -0.2) is 21.1 Å². The van der Waals surface area contributed by atoms with Crippen molar-refractivity contribution < 1.29 is 4.79 Å². The van der Waals surface area contributed by atoms with Crippen molar-refractivity contribution in [2.45, 2.75) is 44.3 Å². The number of ketones is 1. The van der Waals surface area contributed by atoms with Crippen LogP contribution in [0.1, 0.15) is 32.6 Å². The van der Waals surface area contributed by atoms with Gasteiger partial charge in [0.2, 0.25) is 0 Å². The lowest BCUT2D eigenvalue weighted by Gasteiger charge is -2.10. The fourth-order valence-electron chi connectivity index (χ4n) is 2.25. The Kier molecular flexibility index (Phi) is 4.58. The molecule has 18 heavy (non-hydrogen) atoms. The fraction of sp³-hybridized carbons (Fsp3) is 0.615. The van der Waals surface area contributed by atoms with Gasteiger partial charge in [-0.1, -0.05) is 11.8 Å². The molecule has 1 aliphatic carbocycles. The second kappa shape index (κ2) is 6.18. The molecule has 5 heteroatoms. The van der Waals surface area contributed by atoms with Gasteiger partial charge in [-0.3, -0.25) is 9.59 Å². The molecule has 2 rings (SSSR count). The van der Waals surface area contributed by atoms with E-state index in [-0.39, 0.29) is 11.5 Å². The van der Waals surface area contributed by atoms with Crippen LogP contribution < -0.4 is 5.56 Å². The van der Waals surface area contributed by atoms with Crippen LogP contribution in [0.4, 0.5) is 0 Å². The Bertz CT molecular complexity index is 484. The van der Waals surface area contributed by atoms with Crippen molar-refractivity contribution in [3.8, 4) is 0 Å². The summed E-state index contributed by atoms with van der Waals surface area (Å²) in [7, 11) is 0. The molecule has 0 aliphatic heterocycles. The molecule has 0 amide bonds. The van der Waals surface area contributed by atoms with Crippen LogP contribution in [0, 0.1) is 5.92 Å². The Morgan fingerprint density at radius 2 is 2.33 bits per heavy atom. The molecule has 0 unspecified atom stereocenters. The van der Waals surface area contributed by atoms with Gasteiger partial charge >= 0.3 is 0 Å². The number of aromatic nitrogens is 2. The summed E-state index contributed by atoms with van der Waals surface area (Å²) in [4.78, 5) is 26.8. The third-order valence-electron chi connectivity index (χ3n) is 3.32. The van der Waals surface area contributed by atoms with Crippen LogP contribution in [0.15, 0.2) is 22.2 Å². The zero-order valence-electron chi connectivity index (χ0n) is 10.6. The highest BCUT2D eigenvalue weighted by molar-refractivity contribution is 7.99. The van der Waals surface area contributed by atoms with E-state index in [0.717, 1.165) is 43.1 Å². The van der Waals surface area contributed by atoms with Gasteiger partial charge in [0.15, 0.2) is 5.16 Å². The van der Waals surface area contributed by atoms with E-state index < -0.39 is 0 Å². The van der Waals surface area contributed by atoms with E-state index in [0.29, 0.717) is 5.78 Å². The Balaban J connectivity index is 1.91. The summed E-state index contributed by atoms with van der Waals surface area (Å²) in [6.07, 6.45) is 5.49. The number of thioether (sulfide) groups is 1. The molecule has 4 nitrogen and oxygen atoms in total. The Hall–Kier alpha value is -1.10. The largest absolute Gasteiger partial charge is 0.328 e. The number of rotatable bonds is 5. The average molecular weight is 266 g/mol. The molecule has 0 radical (unpaired) electrons. The molecule has 1 aromatic rings. The first-order chi connectivity index (χ1) is 8.70. The standard InChI is InChI=1S/C13H18N2O2S/c1-2-15-8-6-12(17)14-13(15)18-9-7-10-4-3-5-11(10)16/h6,8,10H,2-5,7,9H2,1H3/t10-/m0/s1. The minimum atomic E-state index is -0.195. The van der Waals surface area contributed by atoms with Gasteiger partial charge in [0.25, 0.3) is 5.56 Å². The zero-order valence-corrected chi connectivity index (χ0v) is 11.4. The SMILES string of the molecule is CCn1ccc(=O)nc1SCC[C@@H]1CCCC1=O. The van der Waals surface area contributed by atoms with Crippen LogP contribution in [0.3, 0.4) is 0 Å². The van der Waals surface area contributed by atoms with Crippen molar-refractivity contribution in [2.24, 2.45) is 5.92 Å². The van der Waals surface area contributed by atoms with Gasteiger partial charge in [0.1, 0.15) is 5.78 Å². The number of carbonyl (C=O) groups is 1. The van der Waals surface area contributed by atoms with Gasteiger partial charge in [-0.05, 0) is 26.2 Å². The molecule has 0 bridgehead atoms. The normalized spacial score (nSPS) is 19.4. The van der Waals surface area contributed by atoms with Crippen LogP contribution in [-0.2, 0) is 11.3 Å². The van der Waals surface area contributed by atoms with E-state index in [1.165, 1.54) is 6.07 Å². The highest BCUT2D eigenvalue weighted by Crippen LogP contribution is 2.27. The third-order valence-corrected chi connectivity index (χ3v) is 4.34. The van der Waals surface area contributed by atoms with E-state index >= 15 is 0 Å². The summed E-state index contributed by atoms with van der Waals surface area (Å²) >= 11 is 1.57. The number of aryl methyl sites for hydroxylation is 1. The third kappa shape index (κ3) is 3.22. The molecule has 0 spiro atoms. The van der Waals surface area contributed by atoms with Gasteiger partial charge in [0, 0.05) is 36.9 Å². The van der Waals surface area contributed by atoms with Crippen molar-refractivity contribution in [2.75, 3.05) is 5.75 Å². The maximum Gasteiger partial charge on any atom is 0.273 e. The maximum atomic E-state index is 11.5. The quantitative estimate of drug-likeness (QED) is 0.605. The van der Waals surface area contributed by atoms with Gasteiger partial charge in [-0.2, -0.15) is 4.98 Å². The molecule has 1 aliphatic rings. The first-order valence-corrected chi connectivity index (χ1v) is 7.42. The van der Waals surface area contributed by atoms with Crippen molar-refractivity contribution >= 4 is 17.5 Å². The highest BCUT2D eigenvalue weighted by Gasteiger charge is 2.23. The molecule has 1 atom stereocenters. The van der Waals surface area contributed by atoms with E-state index in [9.17, 15) is 9.59 Å². The molecule has 1 aromatic heterocycles. The summed E-state index contributed by atoms with van der Waals surface area (Å²) < 4.78 is 1.96. The number of hydrogen-bond acceptors (Lipinski definition) is 4. The summed E-state index contributed by atoms with van der Waals surface area (Å²) in [6, 6.07) is 1.48. The van der Waals surface area contributed by atoms with Gasteiger partial charge in [-0.25, -0.2) is 0 Å². The molecular formula is C13H18N2O2S. The van der Waals surface area contributed by atoms with E-state index in [4.69, 9.17) is 0 Å². The minimum Gasteiger partial charge on any atom is -0.328 e. The Labute approximate surface area is 111 Å². The molecular weight excluding hydrogens is 248 g/mol. The van der Waals surface area contributed by atoms with E-state index in [2.05, 4.69) is 4.98 Å². The molecule has 1 saturated carbocycles. The van der Waals surface area contributed by atoms with Crippen LogP contribution in [0.5, 0.6) is 0 Å². The number of hydrogen-bond donors (Lipinski definition) is 0. The second-order valence-electron chi connectivity index (χ2n) is 4.53. The summed E-state index contributed by atoms with van der Waals surface area (Å²) in [5, 5.41) is 0.760. The predicted molar refractivity (Wildman–Crippen MR) is 71.9 cm³/mol. The monoisotopic (exact) mass is 266 g/mol. The second-order valence-corrected chi connectivity index (χ2v) is 5.59. The molecule has 0 saturated heterocycles. The summed E-state index contributed by atoms with van der Waals surface area (Å²) in [5.74, 6) is 1.50. The van der Waals surface area contributed by atoms with Crippen LogP contribution in [0.2, 0.25) is 0 Å². The Morgan fingerprint density at radius 3 is 3.00 bits per heavy atom. The van der Waals surface area contributed by atoms with E-state index in [1.807, 2.05) is 11.5 Å². The van der Waals surface area contributed by atoms with Crippen LogP contribution >= 0.6 is 11.8 Å². The summed E-state index contributed by atoms with van der Waals surface area (Å²) in [5.41, 5.74) is -0.195. The molecule has 1 fully saturated rings. The van der Waals surface area contributed by atoms with Crippen molar-refractivity contribution in [3.05, 3.63) is 22.6 Å². The number of carbonyl (C=O) groups excluding carboxylic acids is 1. The lowest BCUT2D eigenvalue weighted by Crippen LogP contribution is -2.13. The van der Waals surface area contributed by atoms with Crippen molar-refractivity contribution in [3.63, 3.8) is 0 Å². The fourth-order valence-corrected chi connectivity index (χ4v) is 3.35. The minimum absolute atomic E-state index is 0.195. The summed E-state index contributed by atoms with van der Waals surface area (Å²) in [6.45, 7) is 2.83. The van der Waals surface area contributed by atoms with Gasteiger partial charge in [0.05, 0.1) is 0 Å². The van der Waals surface area contributed by atoms with Crippen LogP contribution in [0.25, 0.3) is 0 Å². The smallest absolute Gasteiger partial charge is 0.273 e. The lowest BCUT2D eigenvalue weighted by molar-refractivity contribution is -0.120. The van der Waals surface area contributed by atoms with E-state index in [1.54, 1.807) is 18.0 Å². The molecule has 0 aromatic carbocycles. The first-order valence-electron chi connectivity index (χ1n) is 6.43. The lowest BCUT2D eigenvalue weighted by atomic mass is 10.1. The molecule has 98 valence electrons. The zero-order chi connectivity index (χ0) is 13.0. The predicted octanol–water partition coefficient (Wildman–Crippen LogP) is 2.11. The van der Waals surface area contributed by atoms with Crippen molar-refractivity contribution in [1.82, 2.24) is 9.55 Å². The number of nitrogens with zero attached hydrogens (tertiary/aromatic N) is 2. The molecule has 1 heterocycles. The average Bonchev–Trinajstić information content (AvgIpc) is 2.76. The van der Waals surface area contributed by atoms with Gasteiger partial charge < -0.3 is 4.57 Å². The number of Topliss-reactive ketones (excluding diaryl/α,β-unsaturated/α-hetero) is 1. The highest BCUT2D eigenvalue weighted by atomic mass is 32.2. The van der Waals surface area contributed by atoms with Crippen molar-refractivity contribution in [1.29, 1.82) is 0 Å². The Morgan fingerprint density at radius 1 is 1.50 bits per heavy atom. The van der Waals surface area contributed by atoms with Gasteiger partial charge in [-0.15, -0.1) is 0 Å². The maximum absolute atomic E-state index is 11.5. The molecule has 0 N–H and O–H groups in total. The topological polar surface area (TPSA) is 52.0 Å².